The minimum atomic E-state index is -0.241. The molecule has 0 aliphatic carbocycles. The molecule has 0 radical (unpaired) electrons. The van der Waals surface area contributed by atoms with Gasteiger partial charge in [0.05, 0.1) is 11.1 Å². The summed E-state index contributed by atoms with van der Waals surface area (Å²) in [6, 6.07) is 12.7. The van der Waals surface area contributed by atoms with Crippen molar-refractivity contribution in [3.63, 3.8) is 0 Å². The largest absolute Gasteiger partial charge is 0.357 e. The van der Waals surface area contributed by atoms with Gasteiger partial charge in [0.2, 0.25) is 29.5 Å². The third kappa shape index (κ3) is 55.2. The van der Waals surface area contributed by atoms with Gasteiger partial charge >= 0.3 is 0 Å². The van der Waals surface area contributed by atoms with E-state index in [9.17, 15) is 43.2 Å². The van der Waals surface area contributed by atoms with Crippen molar-refractivity contribution in [1.29, 1.82) is 0 Å². The second-order valence-electron chi connectivity index (χ2n) is 34.2. The van der Waals surface area contributed by atoms with Gasteiger partial charge in [-0.2, -0.15) is 10.2 Å². The summed E-state index contributed by atoms with van der Waals surface area (Å²) in [5.41, 5.74) is 1.01. The predicted molar refractivity (Wildman–Crippen MR) is 496 cm³/mol. The summed E-state index contributed by atoms with van der Waals surface area (Å²) in [5, 5.41) is 14.0. The van der Waals surface area contributed by atoms with E-state index in [0.717, 1.165) is 94.1 Å². The van der Waals surface area contributed by atoms with Crippen LogP contribution in [0.1, 0.15) is 208 Å². The third-order valence-corrected chi connectivity index (χ3v) is 22.8. The van der Waals surface area contributed by atoms with Gasteiger partial charge < -0.3 is 68.6 Å². The fourth-order valence-corrected chi connectivity index (χ4v) is 13.9. The van der Waals surface area contributed by atoms with E-state index in [4.69, 9.17) is 5.21 Å². The number of piperidine rings is 4. The summed E-state index contributed by atoms with van der Waals surface area (Å²) in [6.07, 6.45) is 44.2. The lowest BCUT2D eigenvalue weighted by molar-refractivity contribution is -0.137. The molecule has 0 spiro atoms. The molecule has 29 heteroatoms. The molecule has 2 aromatic heterocycles. The van der Waals surface area contributed by atoms with Crippen molar-refractivity contribution in [3.05, 3.63) is 90.5 Å². The highest BCUT2D eigenvalue weighted by Crippen LogP contribution is 2.21. The van der Waals surface area contributed by atoms with Gasteiger partial charge in [-0.15, -0.1) is 0 Å². The van der Waals surface area contributed by atoms with Gasteiger partial charge in [0.1, 0.15) is 0 Å². The molecule has 12 saturated heterocycles. The zero-order chi connectivity index (χ0) is 89.7. The zero-order valence-electron chi connectivity index (χ0n) is 78.7. The Morgan fingerprint density at radius 3 is 0.746 bits per heavy atom. The molecule has 14 aliphatic rings. The van der Waals surface area contributed by atoms with Gasteiger partial charge in [0.25, 0.3) is 23.6 Å². The number of fused-ring (bicyclic) bond motifs is 1. The van der Waals surface area contributed by atoms with Crippen molar-refractivity contribution in [3.8, 4) is 0 Å². The first kappa shape index (κ1) is 113. The maximum Gasteiger partial charge on any atom is 0.261 e. The fraction of sp³-hybridized carbons (Fsp3) is 0.742. The van der Waals surface area contributed by atoms with Crippen molar-refractivity contribution >= 4 is 53.2 Å². The summed E-state index contributed by atoms with van der Waals surface area (Å²) in [6.45, 7) is 27.2. The highest BCUT2D eigenvalue weighted by molar-refractivity contribution is 6.21. The molecule has 698 valence electrons. The molecule has 16 heterocycles. The van der Waals surface area contributed by atoms with E-state index in [0.29, 0.717) is 41.7 Å². The van der Waals surface area contributed by atoms with Crippen LogP contribution in [0.2, 0.25) is 0 Å². The monoisotopic (exact) mass is 1710 g/mol. The summed E-state index contributed by atoms with van der Waals surface area (Å²) in [4.78, 5) is 127. The molecule has 9 amide bonds. The number of likely N-dealkylation sites (tertiary alicyclic amines) is 10. The van der Waals surface area contributed by atoms with Gasteiger partial charge in [-0.25, -0.2) is 0 Å². The van der Waals surface area contributed by atoms with Crippen LogP contribution in [0.4, 0.5) is 0 Å². The van der Waals surface area contributed by atoms with E-state index in [2.05, 4.69) is 113 Å². The van der Waals surface area contributed by atoms with Crippen LogP contribution in [-0.4, -0.2) is 408 Å². The van der Waals surface area contributed by atoms with Crippen molar-refractivity contribution < 1.29 is 48.4 Å². The molecule has 1 aromatic carbocycles. The van der Waals surface area contributed by atoms with Crippen LogP contribution in [0.25, 0.3) is 0 Å². The zero-order valence-corrected chi connectivity index (χ0v) is 78.7. The summed E-state index contributed by atoms with van der Waals surface area (Å²) in [5.74, 6) is -0.120. The van der Waals surface area contributed by atoms with Crippen LogP contribution in [0.15, 0.2) is 79.4 Å². The normalized spacial score (nSPS) is 21.1. The van der Waals surface area contributed by atoms with E-state index in [1.807, 2.05) is 81.5 Å². The van der Waals surface area contributed by atoms with Crippen LogP contribution in [0, 0.1) is 0 Å². The molecule has 29 nitrogen and oxygen atoms in total. The number of imide groups is 3. The van der Waals surface area contributed by atoms with E-state index >= 15 is 0 Å². The summed E-state index contributed by atoms with van der Waals surface area (Å²) < 4.78 is 3.75. The maximum atomic E-state index is 11.3. The number of piperazine rings is 2. The number of likely N-dealkylation sites (N-methyl/N-ethyl adjacent to an activating group) is 4. The van der Waals surface area contributed by atoms with E-state index in [1.54, 1.807) is 44.9 Å². The van der Waals surface area contributed by atoms with Crippen molar-refractivity contribution in [2.45, 2.75) is 187 Å². The Morgan fingerprint density at radius 1 is 0.254 bits per heavy atom. The minimum absolute atomic E-state index is 0. The first-order valence-corrected chi connectivity index (χ1v) is 45.3. The van der Waals surface area contributed by atoms with Crippen molar-refractivity contribution in [1.82, 2.24) is 92.9 Å². The Morgan fingerprint density at radius 2 is 0.516 bits per heavy atom. The summed E-state index contributed by atoms with van der Waals surface area (Å²) >= 11 is 0. The molecular formula is C93H171N19O10. The number of aromatic nitrogens is 3. The van der Waals surface area contributed by atoms with Gasteiger partial charge in [-0.3, -0.25) is 62.5 Å². The number of carbonyl (C=O) groups excluding carboxylic acids is 9. The molecule has 12 fully saturated rings. The van der Waals surface area contributed by atoms with E-state index in [-0.39, 0.29) is 42.9 Å². The standard InChI is InChI=1S/C9H7NO2.C7H13NO.C7H15N.C6H14N2.C6H11NO.3C6H13N.C5H12N2O.C5H7NO2.C5H5NO2.C5H9NO.2C5H11N.C5H7N.C4H6N2.CH4/c1-10-8(11)6-4-2-3-5-7(6)9(10)12;1-8-6-4-2-3-5-7(8)9;1-8-6-4-2-3-5-7-8;1-7-3-5-8(2)6-4-7;1-7-5-3-2-4-6(7)8;3*1-7-5-3-2-4-6-7;1-6-2-4-7(8)5-3-6;2*1-6-4(7)2-3-5(6)8;1-6-4-2-3-5(6)7;4*1-6-4-2-3-5-6;/h2-5H,1H3;2-6H2,1H3;2-7H2,1H3;3-6H2,1-2H3;2-5H2,1H3;3*2-6H2,1H3;8H,2-5H2,1H3;2-3H2,1H3;2-3H,1H3;2-4H2,1H3;2*2-5H2,1H3;2-5H,1H3;2-4H,1H3;1H4. The number of nitrogens with zero attached hydrogens (tertiary/aromatic N) is 19. The van der Waals surface area contributed by atoms with Crippen LogP contribution < -0.4 is 0 Å². The molecule has 0 unspecified atom stereocenters. The first-order valence-electron chi connectivity index (χ1n) is 45.3. The van der Waals surface area contributed by atoms with Gasteiger partial charge in [-0.1, -0.05) is 58.1 Å². The van der Waals surface area contributed by atoms with E-state index < -0.39 is 0 Å². The third-order valence-electron chi connectivity index (χ3n) is 22.8. The van der Waals surface area contributed by atoms with Crippen LogP contribution >= 0.6 is 0 Å². The number of hydroxylamine groups is 2. The molecule has 0 atom stereocenters. The van der Waals surface area contributed by atoms with Crippen molar-refractivity contribution in [2.24, 2.45) is 14.1 Å². The lowest BCUT2D eigenvalue weighted by Gasteiger charge is -2.28. The number of amides is 9. The van der Waals surface area contributed by atoms with Crippen LogP contribution in [0.5, 0.6) is 0 Å². The Labute approximate surface area is 738 Å². The molecule has 14 aliphatic heterocycles. The number of benzene rings is 1. The first-order chi connectivity index (χ1) is 57.8. The Hall–Kier alpha value is -7.16. The van der Waals surface area contributed by atoms with Crippen LogP contribution in [-0.2, 0) is 47.7 Å². The molecule has 1 N–H and O–H groups in total. The Kier molecular flexibility index (Phi) is 63.9. The average molecular weight is 1720 g/mol. The molecule has 0 saturated carbocycles. The molecule has 17 rings (SSSR count). The highest BCUT2D eigenvalue weighted by atomic mass is 16.5. The van der Waals surface area contributed by atoms with Crippen LogP contribution in [0.3, 0.4) is 0 Å². The fourth-order valence-electron chi connectivity index (χ4n) is 13.9. The Balaban J connectivity index is 0.000000652. The SMILES string of the molecule is C.CN1C(=O)C=CC1=O.CN1C(=O)CCC1=O.CN1C(=O)c2ccccc2C1=O.CN1CCCC1.CN1CCCC1.CN1CCCC1=O.CN1CCCCC1.CN1CCCCC1.CN1CCCCC1.CN1CCCCC1=O.CN1CCCCCC1.CN1CCCCCC1=O.CN1CCN(C)CC1.CN1CCN(O)CC1.Cn1cccc1.Cn1cccn1. The second kappa shape index (κ2) is 69.1. The average Bonchev–Trinajstić information content (AvgIpc) is 1.65. The smallest absolute Gasteiger partial charge is 0.261 e. The molecule has 122 heavy (non-hydrogen) atoms. The second-order valence-corrected chi connectivity index (χ2v) is 34.2. The number of aryl methyl sites for hydroxylation is 2. The number of rotatable bonds is 0. The quantitative estimate of drug-likeness (QED) is 0.206. The molecule has 3 aromatic rings. The van der Waals surface area contributed by atoms with E-state index in [1.165, 1.54) is 276 Å². The lowest BCUT2D eigenvalue weighted by atomic mass is 10.1. The summed E-state index contributed by atoms with van der Waals surface area (Å²) in [7, 11) is 33.5. The lowest BCUT2D eigenvalue weighted by Crippen LogP contribution is -2.42. The molecular weight excluding hydrogens is 1540 g/mol. The number of hydrogen-bond donors (Lipinski definition) is 1. The highest BCUT2D eigenvalue weighted by Gasteiger charge is 2.32. The molecule has 0 bridgehead atoms. The van der Waals surface area contributed by atoms with Gasteiger partial charge in [0.15, 0.2) is 0 Å². The van der Waals surface area contributed by atoms with Gasteiger partial charge in [-0.05, 0) is 281 Å². The minimum Gasteiger partial charge on any atom is -0.357 e. The van der Waals surface area contributed by atoms with Crippen molar-refractivity contribution in [2.75, 3.05) is 256 Å². The number of carbonyl (C=O) groups is 9. The van der Waals surface area contributed by atoms with Gasteiger partial charge in [0, 0.05) is 197 Å². The topological polar surface area (TPSA) is 248 Å². The maximum absolute atomic E-state index is 11.3. The Bertz CT molecular complexity index is 3050. The number of hydrogen-bond acceptors (Lipinski definition) is 21. The predicted octanol–water partition coefficient (Wildman–Crippen LogP) is 9.90.